The van der Waals surface area contributed by atoms with E-state index in [9.17, 15) is 9.90 Å². The van der Waals surface area contributed by atoms with Gasteiger partial charge in [-0.1, -0.05) is 0 Å². The number of hydrogen-bond donors (Lipinski definition) is 2. The summed E-state index contributed by atoms with van der Waals surface area (Å²) in [6.45, 7) is 1.68. The third-order valence-electron chi connectivity index (χ3n) is 5.42. The summed E-state index contributed by atoms with van der Waals surface area (Å²) in [5.74, 6) is -0.305. The van der Waals surface area contributed by atoms with Crippen molar-refractivity contribution in [2.45, 2.75) is 44.3 Å². The number of thiazole rings is 1. The van der Waals surface area contributed by atoms with Crippen LogP contribution in [0.1, 0.15) is 52.7 Å². The highest BCUT2D eigenvalue weighted by molar-refractivity contribution is 7.15. The van der Waals surface area contributed by atoms with Gasteiger partial charge in [0.15, 0.2) is 0 Å². The van der Waals surface area contributed by atoms with Gasteiger partial charge in [-0.3, -0.25) is 0 Å². The molecular formula is C21H27N3O3S. The molecule has 150 valence electrons. The first-order chi connectivity index (χ1) is 13.5. The van der Waals surface area contributed by atoms with Gasteiger partial charge in [0, 0.05) is 31.9 Å². The number of benzene rings is 1. The van der Waals surface area contributed by atoms with E-state index >= 15 is 0 Å². The largest absolute Gasteiger partial charge is 0.457 e. The summed E-state index contributed by atoms with van der Waals surface area (Å²) in [5.41, 5.74) is 3.23. The van der Waals surface area contributed by atoms with Crippen LogP contribution in [-0.2, 0) is 11.2 Å². The Balaban J connectivity index is 1.69. The number of carbonyl (C=O) groups excluding carboxylic acids is 1. The van der Waals surface area contributed by atoms with Crippen molar-refractivity contribution in [2.24, 2.45) is 0 Å². The molecule has 1 aromatic carbocycles. The van der Waals surface area contributed by atoms with E-state index in [0.29, 0.717) is 12.1 Å². The summed E-state index contributed by atoms with van der Waals surface area (Å²) in [6.07, 6.45) is 3.96. The zero-order chi connectivity index (χ0) is 19.7. The third-order valence-corrected chi connectivity index (χ3v) is 6.65. The van der Waals surface area contributed by atoms with Gasteiger partial charge in [-0.05, 0) is 56.8 Å². The predicted molar refractivity (Wildman–Crippen MR) is 111 cm³/mol. The van der Waals surface area contributed by atoms with Crippen LogP contribution in [0.2, 0.25) is 0 Å². The maximum atomic E-state index is 13.0. The van der Waals surface area contributed by atoms with Crippen LogP contribution in [0, 0.1) is 0 Å². The zero-order valence-electron chi connectivity index (χ0n) is 16.4. The molecule has 2 aliphatic rings. The predicted octanol–water partition coefficient (Wildman–Crippen LogP) is 3.15. The number of carbonyl (C=O) groups is 1. The monoisotopic (exact) mass is 401 g/mol. The molecule has 1 aromatic heterocycles. The van der Waals surface area contributed by atoms with E-state index in [2.05, 4.69) is 5.32 Å². The molecule has 2 atom stereocenters. The van der Waals surface area contributed by atoms with Crippen LogP contribution in [0.3, 0.4) is 0 Å². The fourth-order valence-corrected chi connectivity index (χ4v) is 4.98. The lowest BCUT2D eigenvalue weighted by atomic mass is 10.0. The molecule has 28 heavy (non-hydrogen) atoms. The topological polar surface area (TPSA) is 74.7 Å². The number of rotatable bonds is 4. The summed E-state index contributed by atoms with van der Waals surface area (Å²) in [7, 11) is 3.90. The number of esters is 1. The number of hydrogen-bond acceptors (Lipinski definition) is 7. The standard InChI is InChI=1S/C21H27N3O3S/c1-24(2)13-8-9-15(20-23-17-6-3-7-18(25)19(17)28-20)16(11-13)21(26)27-14-5-4-10-22-12-14/h8-9,11,14,18,22,25H,3-7,10,12H2,1-2H3. The number of aryl methyl sites for hydroxylation is 1. The lowest BCUT2D eigenvalue weighted by Crippen LogP contribution is -2.36. The molecule has 2 aromatic rings. The van der Waals surface area contributed by atoms with Gasteiger partial charge in [0.1, 0.15) is 11.1 Å². The zero-order valence-corrected chi connectivity index (χ0v) is 17.2. The van der Waals surface area contributed by atoms with Crippen LogP contribution in [0.25, 0.3) is 10.6 Å². The van der Waals surface area contributed by atoms with E-state index in [1.165, 1.54) is 11.3 Å². The smallest absolute Gasteiger partial charge is 0.339 e. The number of fused-ring (bicyclic) bond motifs is 1. The lowest BCUT2D eigenvalue weighted by Gasteiger charge is -2.23. The molecule has 6 nitrogen and oxygen atoms in total. The number of anilines is 1. The Hall–Kier alpha value is -1.96. The highest BCUT2D eigenvalue weighted by atomic mass is 32.1. The molecule has 1 aliphatic heterocycles. The Kier molecular flexibility index (Phi) is 5.66. The number of piperidine rings is 1. The van der Waals surface area contributed by atoms with Gasteiger partial charge in [-0.25, -0.2) is 9.78 Å². The molecule has 2 N–H and O–H groups in total. The minimum absolute atomic E-state index is 0.0940. The third kappa shape index (κ3) is 3.92. The second kappa shape index (κ2) is 8.19. The summed E-state index contributed by atoms with van der Waals surface area (Å²) in [4.78, 5) is 20.7. The van der Waals surface area contributed by atoms with Gasteiger partial charge in [0.2, 0.25) is 0 Å². The van der Waals surface area contributed by atoms with Crippen LogP contribution in [0.5, 0.6) is 0 Å². The minimum Gasteiger partial charge on any atom is -0.457 e. The molecule has 2 heterocycles. The Morgan fingerprint density at radius 2 is 2.18 bits per heavy atom. The van der Waals surface area contributed by atoms with Crippen LogP contribution in [-0.4, -0.2) is 49.3 Å². The maximum Gasteiger partial charge on any atom is 0.339 e. The highest BCUT2D eigenvalue weighted by Crippen LogP contribution is 2.39. The number of nitrogens with zero attached hydrogens (tertiary/aromatic N) is 2. The molecule has 0 bridgehead atoms. The van der Waals surface area contributed by atoms with Gasteiger partial charge >= 0.3 is 5.97 Å². The molecule has 0 amide bonds. The first kappa shape index (κ1) is 19.4. The molecule has 0 spiro atoms. The Morgan fingerprint density at radius 1 is 1.32 bits per heavy atom. The normalized spacial score (nSPS) is 21.8. The van der Waals surface area contributed by atoms with Crippen molar-refractivity contribution in [1.29, 1.82) is 0 Å². The van der Waals surface area contributed by atoms with Crippen LogP contribution >= 0.6 is 11.3 Å². The molecule has 2 unspecified atom stereocenters. The fourth-order valence-electron chi connectivity index (χ4n) is 3.81. The molecule has 4 rings (SSSR count). The van der Waals surface area contributed by atoms with Gasteiger partial charge in [0.25, 0.3) is 0 Å². The minimum atomic E-state index is -0.445. The van der Waals surface area contributed by atoms with E-state index in [4.69, 9.17) is 9.72 Å². The molecule has 1 saturated heterocycles. The second-order valence-electron chi connectivity index (χ2n) is 7.74. The lowest BCUT2D eigenvalue weighted by molar-refractivity contribution is 0.0246. The van der Waals surface area contributed by atoms with E-state index in [-0.39, 0.29) is 12.1 Å². The number of ether oxygens (including phenoxy) is 1. The van der Waals surface area contributed by atoms with Crippen molar-refractivity contribution >= 4 is 23.0 Å². The molecular weight excluding hydrogens is 374 g/mol. The Bertz CT molecular complexity index is 859. The van der Waals surface area contributed by atoms with Crippen molar-refractivity contribution in [2.75, 3.05) is 32.1 Å². The first-order valence-electron chi connectivity index (χ1n) is 9.94. The quantitative estimate of drug-likeness (QED) is 0.767. The van der Waals surface area contributed by atoms with Crippen LogP contribution in [0.15, 0.2) is 18.2 Å². The average molecular weight is 402 g/mol. The molecule has 1 fully saturated rings. The van der Waals surface area contributed by atoms with Gasteiger partial charge in [0.05, 0.1) is 22.2 Å². The number of aliphatic hydroxyl groups excluding tert-OH is 1. The summed E-state index contributed by atoms with van der Waals surface area (Å²) in [6, 6.07) is 5.82. The summed E-state index contributed by atoms with van der Waals surface area (Å²) < 4.78 is 5.80. The van der Waals surface area contributed by atoms with E-state index in [1.807, 2.05) is 37.2 Å². The molecule has 7 heteroatoms. The number of aliphatic hydroxyl groups is 1. The van der Waals surface area contributed by atoms with E-state index < -0.39 is 6.10 Å². The van der Waals surface area contributed by atoms with Gasteiger partial charge in [-0.15, -0.1) is 11.3 Å². The second-order valence-corrected chi connectivity index (χ2v) is 8.77. The number of aromatic nitrogens is 1. The van der Waals surface area contributed by atoms with E-state index in [1.54, 1.807) is 0 Å². The van der Waals surface area contributed by atoms with Crippen LogP contribution < -0.4 is 10.2 Å². The van der Waals surface area contributed by atoms with Crippen molar-refractivity contribution in [1.82, 2.24) is 10.3 Å². The SMILES string of the molecule is CN(C)c1ccc(-c2nc3c(s2)C(O)CCC3)c(C(=O)OC2CCCNC2)c1. The highest BCUT2D eigenvalue weighted by Gasteiger charge is 2.26. The molecule has 0 radical (unpaired) electrons. The maximum absolute atomic E-state index is 13.0. The fraction of sp³-hybridized carbons (Fsp3) is 0.524. The summed E-state index contributed by atoms with van der Waals surface area (Å²) in [5, 5.41) is 14.4. The van der Waals surface area contributed by atoms with Crippen molar-refractivity contribution in [3.8, 4) is 10.6 Å². The first-order valence-corrected chi connectivity index (χ1v) is 10.8. The van der Waals surface area contributed by atoms with Crippen molar-refractivity contribution in [3.05, 3.63) is 34.3 Å². The molecule has 0 saturated carbocycles. The molecule has 1 aliphatic carbocycles. The number of nitrogens with one attached hydrogen (secondary N) is 1. The van der Waals surface area contributed by atoms with Gasteiger partial charge < -0.3 is 20.1 Å². The van der Waals surface area contributed by atoms with Gasteiger partial charge in [-0.2, -0.15) is 0 Å². The average Bonchev–Trinajstić information content (AvgIpc) is 3.14. The van der Waals surface area contributed by atoms with Crippen LogP contribution in [0.4, 0.5) is 5.69 Å². The van der Waals surface area contributed by atoms with Crippen molar-refractivity contribution in [3.63, 3.8) is 0 Å². The Morgan fingerprint density at radius 3 is 2.89 bits per heavy atom. The Labute approximate surface area is 169 Å². The van der Waals surface area contributed by atoms with E-state index in [0.717, 1.165) is 65.5 Å². The summed E-state index contributed by atoms with van der Waals surface area (Å²) >= 11 is 1.49. The van der Waals surface area contributed by atoms with Crippen molar-refractivity contribution < 1.29 is 14.6 Å².